The van der Waals surface area contributed by atoms with Gasteiger partial charge < -0.3 is 0 Å². The first-order valence-corrected chi connectivity index (χ1v) is 5.94. The molecule has 0 fully saturated rings. The molecule has 0 heterocycles. The molecule has 0 aliphatic rings. The molecule has 0 unspecified atom stereocenters. The SMILES string of the molecule is O=C(c1cc(F)c(Br)cc1F)c1c(F)cc(F)cc1F. The quantitative estimate of drug-likeness (QED) is 0.446. The Labute approximate surface area is 118 Å². The first kappa shape index (κ1) is 14.6. The molecule has 0 N–H and O–H groups in total. The van der Waals surface area contributed by atoms with E-state index in [0.29, 0.717) is 12.1 Å². The van der Waals surface area contributed by atoms with E-state index in [-0.39, 0.29) is 16.6 Å². The fraction of sp³-hybridized carbons (Fsp3) is 0. The van der Waals surface area contributed by atoms with Crippen molar-refractivity contribution in [2.75, 3.05) is 0 Å². The van der Waals surface area contributed by atoms with E-state index in [4.69, 9.17) is 0 Å². The number of benzene rings is 2. The summed E-state index contributed by atoms with van der Waals surface area (Å²) in [7, 11) is 0. The Morgan fingerprint density at radius 2 is 1.35 bits per heavy atom. The van der Waals surface area contributed by atoms with E-state index in [9.17, 15) is 26.7 Å². The first-order valence-electron chi connectivity index (χ1n) is 5.15. The second-order valence-electron chi connectivity index (χ2n) is 3.82. The number of ketones is 1. The van der Waals surface area contributed by atoms with Crippen molar-refractivity contribution in [1.29, 1.82) is 0 Å². The molecular formula is C13H4BrF5O. The maximum Gasteiger partial charge on any atom is 0.201 e. The van der Waals surface area contributed by atoms with Crippen molar-refractivity contribution in [3.05, 3.63) is 69.0 Å². The Morgan fingerprint density at radius 1 is 0.800 bits per heavy atom. The number of carbonyl (C=O) groups excluding carboxylic acids is 1. The summed E-state index contributed by atoms with van der Waals surface area (Å²) in [5.41, 5.74) is -2.00. The van der Waals surface area contributed by atoms with Crippen molar-refractivity contribution in [2.24, 2.45) is 0 Å². The number of halogens is 6. The maximum absolute atomic E-state index is 13.6. The van der Waals surface area contributed by atoms with E-state index in [1.165, 1.54) is 0 Å². The Morgan fingerprint density at radius 3 is 1.90 bits per heavy atom. The number of rotatable bonds is 2. The number of hydrogen-bond acceptors (Lipinski definition) is 1. The highest BCUT2D eigenvalue weighted by Gasteiger charge is 2.24. The fourth-order valence-corrected chi connectivity index (χ4v) is 1.91. The van der Waals surface area contributed by atoms with Gasteiger partial charge >= 0.3 is 0 Å². The van der Waals surface area contributed by atoms with Crippen LogP contribution in [0, 0.1) is 29.1 Å². The second kappa shape index (κ2) is 5.32. The highest BCUT2D eigenvalue weighted by atomic mass is 79.9. The highest BCUT2D eigenvalue weighted by Crippen LogP contribution is 2.24. The molecule has 2 aromatic carbocycles. The lowest BCUT2D eigenvalue weighted by molar-refractivity contribution is 0.102. The van der Waals surface area contributed by atoms with Crippen LogP contribution in [-0.4, -0.2) is 5.78 Å². The lowest BCUT2D eigenvalue weighted by Gasteiger charge is -2.07. The standard InChI is InChI=1S/C13H4BrF5O/c14-7-4-8(16)6(3-9(7)17)13(20)12-10(18)1-5(15)2-11(12)19/h1-4H. The third-order valence-electron chi connectivity index (χ3n) is 2.49. The maximum atomic E-state index is 13.6. The molecule has 20 heavy (non-hydrogen) atoms. The summed E-state index contributed by atoms with van der Waals surface area (Å²) in [4.78, 5) is 11.9. The molecule has 104 valence electrons. The van der Waals surface area contributed by atoms with Gasteiger partial charge in [-0.3, -0.25) is 4.79 Å². The predicted molar refractivity (Wildman–Crippen MR) is 63.8 cm³/mol. The predicted octanol–water partition coefficient (Wildman–Crippen LogP) is 4.38. The molecule has 0 saturated heterocycles. The Kier molecular flexibility index (Phi) is 3.89. The molecule has 0 atom stereocenters. The minimum absolute atomic E-state index is 0.244. The van der Waals surface area contributed by atoms with E-state index in [0.717, 1.165) is 0 Å². The summed E-state index contributed by atoms with van der Waals surface area (Å²) in [6.07, 6.45) is 0. The third kappa shape index (κ3) is 2.58. The van der Waals surface area contributed by atoms with E-state index >= 15 is 0 Å². The van der Waals surface area contributed by atoms with Gasteiger partial charge in [0.2, 0.25) is 5.78 Å². The van der Waals surface area contributed by atoms with Gasteiger partial charge in [-0.1, -0.05) is 0 Å². The summed E-state index contributed by atoms with van der Waals surface area (Å²) in [6, 6.07) is 1.72. The van der Waals surface area contributed by atoms with Crippen molar-refractivity contribution in [1.82, 2.24) is 0 Å². The van der Waals surface area contributed by atoms with Crippen LogP contribution >= 0.6 is 15.9 Å². The van der Waals surface area contributed by atoms with Gasteiger partial charge in [0.15, 0.2) is 0 Å². The van der Waals surface area contributed by atoms with E-state index in [1.54, 1.807) is 0 Å². The smallest absolute Gasteiger partial charge is 0.201 e. The van der Waals surface area contributed by atoms with Gasteiger partial charge in [0.25, 0.3) is 0 Å². The summed E-state index contributed by atoms with van der Waals surface area (Å²) < 4.78 is 66.2. The molecule has 0 saturated carbocycles. The molecular weight excluding hydrogens is 347 g/mol. The number of hydrogen-bond donors (Lipinski definition) is 0. The summed E-state index contributed by atoms with van der Waals surface area (Å²) in [5, 5.41) is 0. The van der Waals surface area contributed by atoms with Crippen molar-refractivity contribution in [3.63, 3.8) is 0 Å². The zero-order chi connectivity index (χ0) is 15.0. The van der Waals surface area contributed by atoms with Crippen molar-refractivity contribution in [3.8, 4) is 0 Å². The highest BCUT2D eigenvalue weighted by molar-refractivity contribution is 9.10. The van der Waals surface area contributed by atoms with Gasteiger partial charge in [0.05, 0.1) is 15.6 Å². The van der Waals surface area contributed by atoms with Crippen LogP contribution in [-0.2, 0) is 0 Å². The topological polar surface area (TPSA) is 17.1 Å². The van der Waals surface area contributed by atoms with E-state index in [1.807, 2.05) is 0 Å². The summed E-state index contributed by atoms with van der Waals surface area (Å²) in [5.74, 6) is -7.75. The van der Waals surface area contributed by atoms with Gasteiger partial charge in [0.1, 0.15) is 29.1 Å². The zero-order valence-electron chi connectivity index (χ0n) is 9.49. The van der Waals surface area contributed by atoms with Crippen LogP contribution in [0.15, 0.2) is 28.7 Å². The lowest BCUT2D eigenvalue weighted by Crippen LogP contribution is -2.11. The van der Waals surface area contributed by atoms with Crippen LogP contribution < -0.4 is 0 Å². The Hall–Kier alpha value is -1.76. The molecule has 0 aliphatic carbocycles. The Balaban J connectivity index is 2.61. The van der Waals surface area contributed by atoms with Gasteiger partial charge in [-0.2, -0.15) is 0 Å². The van der Waals surface area contributed by atoms with Gasteiger partial charge in [-0.25, -0.2) is 22.0 Å². The van der Waals surface area contributed by atoms with Crippen molar-refractivity contribution < 1.29 is 26.7 Å². The van der Waals surface area contributed by atoms with Crippen LogP contribution in [0.25, 0.3) is 0 Å². The van der Waals surface area contributed by atoms with Gasteiger partial charge in [-0.05, 0) is 28.1 Å². The van der Waals surface area contributed by atoms with E-state index < -0.39 is 46.0 Å². The second-order valence-corrected chi connectivity index (χ2v) is 4.67. The van der Waals surface area contributed by atoms with Gasteiger partial charge in [-0.15, -0.1) is 0 Å². The first-order chi connectivity index (χ1) is 9.31. The average Bonchev–Trinajstić information content (AvgIpc) is 2.32. The average molecular weight is 351 g/mol. The van der Waals surface area contributed by atoms with Crippen LogP contribution in [0.1, 0.15) is 15.9 Å². The summed E-state index contributed by atoms with van der Waals surface area (Å²) in [6.45, 7) is 0. The lowest BCUT2D eigenvalue weighted by atomic mass is 10.0. The summed E-state index contributed by atoms with van der Waals surface area (Å²) >= 11 is 2.70. The molecule has 0 radical (unpaired) electrons. The van der Waals surface area contributed by atoms with Crippen molar-refractivity contribution in [2.45, 2.75) is 0 Å². The third-order valence-corrected chi connectivity index (χ3v) is 3.10. The normalized spacial score (nSPS) is 10.7. The monoisotopic (exact) mass is 350 g/mol. The van der Waals surface area contributed by atoms with Crippen LogP contribution in [0.4, 0.5) is 22.0 Å². The molecule has 0 aliphatic heterocycles. The van der Waals surface area contributed by atoms with Crippen molar-refractivity contribution >= 4 is 21.7 Å². The Bertz CT molecular complexity index is 691. The fourth-order valence-electron chi connectivity index (χ4n) is 1.59. The molecule has 0 bridgehead atoms. The zero-order valence-corrected chi connectivity index (χ0v) is 11.1. The molecule has 0 amide bonds. The molecule has 0 aromatic heterocycles. The molecule has 2 rings (SSSR count). The molecule has 7 heteroatoms. The minimum Gasteiger partial charge on any atom is -0.288 e. The van der Waals surface area contributed by atoms with Crippen LogP contribution in [0.3, 0.4) is 0 Å². The molecule has 2 aromatic rings. The van der Waals surface area contributed by atoms with Gasteiger partial charge in [0, 0.05) is 12.1 Å². The number of carbonyl (C=O) groups is 1. The molecule has 1 nitrogen and oxygen atoms in total. The largest absolute Gasteiger partial charge is 0.288 e. The minimum atomic E-state index is -1.49. The van der Waals surface area contributed by atoms with E-state index in [2.05, 4.69) is 15.9 Å². The molecule has 0 spiro atoms. The van der Waals surface area contributed by atoms with Crippen LogP contribution in [0.2, 0.25) is 0 Å². The van der Waals surface area contributed by atoms with Crippen LogP contribution in [0.5, 0.6) is 0 Å².